The highest BCUT2D eigenvalue weighted by Gasteiger charge is 2.39. The van der Waals surface area contributed by atoms with Crippen LogP contribution in [0.4, 0.5) is 0 Å². The number of phosphoric ester groups is 1. The third-order valence-corrected chi connectivity index (χ3v) is 6.13. The second-order valence-electron chi connectivity index (χ2n) is 7.67. The van der Waals surface area contributed by atoms with Crippen molar-refractivity contribution in [1.29, 1.82) is 0 Å². The van der Waals surface area contributed by atoms with Crippen LogP contribution in [0, 0.1) is 0 Å². The minimum Gasteiger partial charge on any atom is -0.756 e. The van der Waals surface area contributed by atoms with Gasteiger partial charge < -0.3 is 34.5 Å². The molecule has 1 fully saturated rings. The van der Waals surface area contributed by atoms with Crippen molar-refractivity contribution in [2.45, 2.75) is 50.5 Å². The zero-order valence-corrected chi connectivity index (χ0v) is 20.2. The summed E-state index contributed by atoms with van der Waals surface area (Å²) in [6, 6.07) is 0. The van der Waals surface area contributed by atoms with E-state index in [1.165, 1.54) is 25.5 Å². The van der Waals surface area contributed by atoms with Gasteiger partial charge in [-0.2, -0.15) is 0 Å². The first-order valence-electron chi connectivity index (χ1n) is 10.9. The van der Waals surface area contributed by atoms with E-state index in [0.717, 1.165) is 37.4 Å². The third kappa shape index (κ3) is 8.58. The summed E-state index contributed by atoms with van der Waals surface area (Å²) >= 11 is 0. The second-order valence-corrected chi connectivity index (χ2v) is 9.14. The van der Waals surface area contributed by atoms with Gasteiger partial charge in [0.1, 0.15) is 12.3 Å². The summed E-state index contributed by atoms with van der Waals surface area (Å²) in [6.07, 6.45) is 4.68. The highest BCUT2D eigenvalue weighted by Crippen LogP contribution is 2.43. The minimum absolute atomic E-state index is 0.00212. The van der Waals surface area contributed by atoms with Gasteiger partial charge in [0.2, 0.25) is 5.91 Å². The lowest BCUT2D eigenvalue weighted by Crippen LogP contribution is -2.33. The van der Waals surface area contributed by atoms with Crippen LogP contribution < -0.4 is 27.2 Å². The monoisotopic (exact) mass is 503 g/mol. The number of phosphoric acid groups is 1. The van der Waals surface area contributed by atoms with Crippen molar-refractivity contribution in [3.8, 4) is 0 Å². The van der Waals surface area contributed by atoms with E-state index in [9.17, 15) is 23.8 Å². The maximum absolute atomic E-state index is 12.4. The Morgan fingerprint density at radius 1 is 1.35 bits per heavy atom. The molecule has 192 valence electrons. The Morgan fingerprint density at radius 2 is 2.09 bits per heavy atom. The molecule has 1 aromatic rings. The summed E-state index contributed by atoms with van der Waals surface area (Å²) in [6.45, 7) is 1.14. The number of H-pyrrole nitrogens is 1. The van der Waals surface area contributed by atoms with Crippen LogP contribution in [0.5, 0.6) is 0 Å². The quantitative estimate of drug-likeness (QED) is 0.172. The lowest BCUT2D eigenvalue weighted by atomic mass is 10.2. The van der Waals surface area contributed by atoms with E-state index in [4.69, 9.17) is 19.7 Å². The molecule has 14 heteroatoms. The molecule has 1 aromatic heterocycles. The van der Waals surface area contributed by atoms with Gasteiger partial charge in [0.05, 0.1) is 18.3 Å². The highest BCUT2D eigenvalue weighted by atomic mass is 31.2. The van der Waals surface area contributed by atoms with E-state index in [2.05, 4.69) is 14.8 Å². The molecular weight excluding hydrogens is 471 g/mol. The molecular formula is C20H32N4O9P-. The molecule has 0 bridgehead atoms. The SMILES string of the molecule is COC[C@H]1O[C@@H](n2cc(/C=C/C(=O)NCCCCCCN)c(=O)[nH]c2=O)CC1OP(=O)([O-])OC. The standard InChI is InChI=1S/C20H33N4O9P/c1-30-13-16-15(33-34(28,29)31-2)11-18(32-16)24-12-14(19(26)23-20(24)27)7-8-17(25)22-10-6-4-3-5-9-21/h7-8,12,15-16,18H,3-6,9-11,13,21H2,1-2H3,(H,22,25)(H,28,29)(H,23,26,27)/p-1/b8-7+/t15?,16-,18-/m1/s1. The van der Waals surface area contributed by atoms with Crippen LogP contribution in [0.1, 0.15) is 43.9 Å². The van der Waals surface area contributed by atoms with Gasteiger partial charge in [0.25, 0.3) is 13.4 Å². The van der Waals surface area contributed by atoms with Gasteiger partial charge in [-0.3, -0.25) is 23.7 Å². The van der Waals surface area contributed by atoms with Gasteiger partial charge >= 0.3 is 5.69 Å². The van der Waals surface area contributed by atoms with E-state index >= 15 is 0 Å². The first kappa shape index (κ1) is 28.1. The molecule has 4 atom stereocenters. The fourth-order valence-electron chi connectivity index (χ4n) is 3.40. The number of amides is 1. The zero-order valence-electron chi connectivity index (χ0n) is 19.3. The molecule has 1 aliphatic heterocycles. The summed E-state index contributed by atoms with van der Waals surface area (Å²) < 4.78 is 33.0. The number of hydrogen-bond donors (Lipinski definition) is 3. The number of rotatable bonds is 14. The van der Waals surface area contributed by atoms with Crippen molar-refractivity contribution in [3.05, 3.63) is 38.7 Å². The van der Waals surface area contributed by atoms with E-state index < -0.39 is 37.5 Å². The van der Waals surface area contributed by atoms with Crippen molar-refractivity contribution < 1.29 is 32.8 Å². The largest absolute Gasteiger partial charge is 0.756 e. The predicted molar refractivity (Wildman–Crippen MR) is 121 cm³/mol. The van der Waals surface area contributed by atoms with Crippen molar-refractivity contribution in [2.24, 2.45) is 5.73 Å². The molecule has 34 heavy (non-hydrogen) atoms. The molecule has 0 aromatic carbocycles. The average Bonchev–Trinajstić information content (AvgIpc) is 3.17. The first-order chi connectivity index (χ1) is 16.2. The molecule has 4 N–H and O–H groups in total. The van der Waals surface area contributed by atoms with Gasteiger partial charge in [-0.1, -0.05) is 12.8 Å². The van der Waals surface area contributed by atoms with Gasteiger partial charge in [-0.15, -0.1) is 0 Å². The van der Waals surface area contributed by atoms with E-state index in [1.807, 2.05) is 0 Å². The maximum atomic E-state index is 12.4. The summed E-state index contributed by atoms with van der Waals surface area (Å²) in [4.78, 5) is 50.5. The molecule has 1 aliphatic rings. The second kappa shape index (κ2) is 13.7. The minimum atomic E-state index is -4.56. The van der Waals surface area contributed by atoms with Crippen LogP contribution in [0.3, 0.4) is 0 Å². The molecule has 1 saturated heterocycles. The molecule has 0 radical (unpaired) electrons. The van der Waals surface area contributed by atoms with Crippen LogP contribution in [0.15, 0.2) is 21.9 Å². The molecule has 0 spiro atoms. The Kier molecular flexibility index (Phi) is 11.3. The predicted octanol–water partition coefficient (Wildman–Crippen LogP) is -0.381. The smallest absolute Gasteiger partial charge is 0.330 e. The number of unbranched alkanes of at least 4 members (excludes halogenated alkanes) is 3. The number of aromatic amines is 1. The molecule has 2 heterocycles. The van der Waals surface area contributed by atoms with Crippen LogP contribution in [-0.2, 0) is 27.9 Å². The van der Waals surface area contributed by atoms with Crippen LogP contribution in [-0.4, -0.2) is 61.6 Å². The lowest BCUT2D eigenvalue weighted by molar-refractivity contribution is -0.229. The van der Waals surface area contributed by atoms with E-state index in [-0.39, 0.29) is 24.5 Å². The Balaban J connectivity index is 2.09. The lowest BCUT2D eigenvalue weighted by Gasteiger charge is -2.26. The molecule has 0 aliphatic carbocycles. The summed E-state index contributed by atoms with van der Waals surface area (Å²) in [7, 11) is -2.19. The number of hydrogen-bond acceptors (Lipinski definition) is 10. The van der Waals surface area contributed by atoms with Gasteiger partial charge in [-0.05, 0) is 25.5 Å². The molecule has 0 saturated carbocycles. The zero-order chi connectivity index (χ0) is 25.1. The normalized spacial score (nSPS) is 22.2. The summed E-state index contributed by atoms with van der Waals surface area (Å²) in [5.41, 5.74) is 4.03. The third-order valence-electron chi connectivity index (χ3n) is 5.15. The Morgan fingerprint density at radius 3 is 2.76 bits per heavy atom. The number of carbonyl (C=O) groups is 1. The number of carbonyl (C=O) groups excluding carboxylic acids is 1. The van der Waals surface area contributed by atoms with Gasteiger partial charge in [0.15, 0.2) is 0 Å². The van der Waals surface area contributed by atoms with Crippen molar-refractivity contribution in [1.82, 2.24) is 14.9 Å². The van der Waals surface area contributed by atoms with Crippen LogP contribution >= 0.6 is 7.82 Å². The van der Waals surface area contributed by atoms with Crippen molar-refractivity contribution in [2.75, 3.05) is 33.9 Å². The number of ether oxygens (including phenoxy) is 2. The molecule has 2 rings (SSSR count). The fraction of sp³-hybridized carbons (Fsp3) is 0.650. The number of nitrogens with one attached hydrogen (secondary N) is 2. The summed E-state index contributed by atoms with van der Waals surface area (Å²) in [5, 5.41) is 2.72. The Hall–Kier alpha value is -2.12. The number of methoxy groups -OCH3 is 1. The Bertz CT molecular complexity index is 993. The topological polar surface area (TPSA) is 187 Å². The number of nitrogens with two attached hydrogens (primary N) is 1. The maximum Gasteiger partial charge on any atom is 0.330 e. The van der Waals surface area contributed by atoms with Crippen LogP contribution in [0.2, 0.25) is 0 Å². The number of nitrogens with zero attached hydrogens (tertiary/aromatic N) is 1. The average molecular weight is 503 g/mol. The van der Waals surface area contributed by atoms with E-state index in [0.29, 0.717) is 13.1 Å². The molecule has 13 nitrogen and oxygen atoms in total. The Labute approximate surface area is 196 Å². The summed E-state index contributed by atoms with van der Waals surface area (Å²) in [5.74, 6) is -0.382. The van der Waals surface area contributed by atoms with Crippen molar-refractivity contribution >= 4 is 19.8 Å². The first-order valence-corrected chi connectivity index (χ1v) is 12.4. The highest BCUT2D eigenvalue weighted by molar-refractivity contribution is 7.45. The fourth-order valence-corrected chi connectivity index (χ4v) is 4.04. The van der Waals surface area contributed by atoms with E-state index in [1.54, 1.807) is 0 Å². The van der Waals surface area contributed by atoms with Gasteiger partial charge in [-0.25, -0.2) is 4.79 Å². The molecule has 1 amide bonds. The van der Waals surface area contributed by atoms with Crippen molar-refractivity contribution in [3.63, 3.8) is 0 Å². The number of aromatic nitrogens is 2. The van der Waals surface area contributed by atoms with Gasteiger partial charge in [0, 0.05) is 39.5 Å². The van der Waals surface area contributed by atoms with Crippen LogP contribution in [0.25, 0.3) is 6.08 Å². The molecule has 2 unspecified atom stereocenters.